The zero-order chi connectivity index (χ0) is 10.5. The molecule has 15 heavy (non-hydrogen) atoms. The molecule has 0 saturated heterocycles. The highest BCUT2D eigenvalue weighted by Gasteiger charge is 1.94. The van der Waals surface area contributed by atoms with Crippen molar-refractivity contribution in [2.24, 2.45) is 0 Å². The molecule has 0 fully saturated rings. The van der Waals surface area contributed by atoms with E-state index in [0.717, 1.165) is 0 Å². The minimum absolute atomic E-state index is 1.22. The van der Waals surface area contributed by atoms with Gasteiger partial charge in [-0.05, 0) is 35.8 Å². The second-order valence-corrected chi connectivity index (χ2v) is 3.47. The van der Waals surface area contributed by atoms with Gasteiger partial charge in [0.25, 0.3) is 0 Å². The average Bonchev–Trinajstić information content (AvgIpc) is 2.31. The van der Waals surface area contributed by atoms with Gasteiger partial charge in [0.05, 0.1) is 0 Å². The largest absolute Gasteiger partial charge is 0.265 e. The van der Waals surface area contributed by atoms with E-state index < -0.39 is 0 Å². The van der Waals surface area contributed by atoms with Crippen LogP contribution in [0.3, 0.4) is 0 Å². The van der Waals surface area contributed by atoms with Crippen LogP contribution in [-0.4, -0.2) is 4.98 Å². The van der Waals surface area contributed by atoms with E-state index in [1.807, 2.05) is 42.7 Å². The first kappa shape index (κ1) is 9.66. The maximum absolute atomic E-state index is 4.01. The monoisotopic (exact) mass is 195 g/mol. The molecule has 0 aliphatic heterocycles. The summed E-state index contributed by atoms with van der Waals surface area (Å²) in [6.07, 6.45) is 5.81. The van der Waals surface area contributed by atoms with Gasteiger partial charge in [0.2, 0.25) is 0 Å². The van der Waals surface area contributed by atoms with E-state index in [1.165, 1.54) is 16.7 Å². The summed E-state index contributed by atoms with van der Waals surface area (Å²) in [4.78, 5) is 4.01. The fourth-order valence-corrected chi connectivity index (χ4v) is 1.50. The standard InChI is InChI=1S/C14H13N/c1-12(14-7-9-15-10-8-14)11-13-5-3-2-4-6-13/h2-11H,1H3. The quantitative estimate of drug-likeness (QED) is 0.712. The second-order valence-electron chi connectivity index (χ2n) is 3.47. The van der Waals surface area contributed by atoms with Crippen molar-refractivity contribution in [3.05, 3.63) is 66.0 Å². The van der Waals surface area contributed by atoms with Crippen molar-refractivity contribution in [1.29, 1.82) is 0 Å². The molecular formula is C14H13N. The molecule has 2 rings (SSSR count). The Balaban J connectivity index is 2.29. The third kappa shape index (κ3) is 2.53. The van der Waals surface area contributed by atoms with E-state index in [0.29, 0.717) is 0 Å². The molecule has 74 valence electrons. The van der Waals surface area contributed by atoms with Crippen molar-refractivity contribution in [1.82, 2.24) is 4.98 Å². The number of rotatable bonds is 2. The van der Waals surface area contributed by atoms with Gasteiger partial charge in [0.1, 0.15) is 0 Å². The summed E-state index contributed by atoms with van der Waals surface area (Å²) < 4.78 is 0. The van der Waals surface area contributed by atoms with Crippen LogP contribution < -0.4 is 0 Å². The van der Waals surface area contributed by atoms with Crippen LogP contribution in [-0.2, 0) is 0 Å². The highest BCUT2D eigenvalue weighted by atomic mass is 14.6. The van der Waals surface area contributed by atoms with Gasteiger partial charge in [-0.2, -0.15) is 0 Å². The van der Waals surface area contributed by atoms with E-state index in [4.69, 9.17) is 0 Å². The second kappa shape index (κ2) is 4.56. The first-order valence-corrected chi connectivity index (χ1v) is 5.00. The molecule has 0 spiro atoms. The average molecular weight is 195 g/mol. The Morgan fingerprint density at radius 2 is 1.67 bits per heavy atom. The molecule has 0 atom stereocenters. The number of allylic oxidation sites excluding steroid dienone is 1. The van der Waals surface area contributed by atoms with Crippen LogP contribution in [0.4, 0.5) is 0 Å². The fraction of sp³-hybridized carbons (Fsp3) is 0.0714. The molecule has 0 radical (unpaired) electrons. The topological polar surface area (TPSA) is 12.9 Å². The molecule has 2 aromatic rings. The first-order valence-electron chi connectivity index (χ1n) is 5.00. The van der Waals surface area contributed by atoms with Crippen molar-refractivity contribution in [3.8, 4) is 0 Å². The molecule has 1 heterocycles. The molecule has 0 amide bonds. The SMILES string of the molecule is CC(=Cc1ccccc1)c1ccncc1. The van der Waals surface area contributed by atoms with E-state index in [9.17, 15) is 0 Å². The predicted octanol–water partition coefficient (Wildman–Crippen LogP) is 3.64. The summed E-state index contributed by atoms with van der Waals surface area (Å²) in [5.41, 5.74) is 3.70. The van der Waals surface area contributed by atoms with E-state index in [1.54, 1.807) is 0 Å². The lowest BCUT2D eigenvalue weighted by Crippen LogP contribution is -1.80. The lowest BCUT2D eigenvalue weighted by molar-refractivity contribution is 1.31. The lowest BCUT2D eigenvalue weighted by Gasteiger charge is -2.00. The summed E-state index contributed by atoms with van der Waals surface area (Å²) in [7, 11) is 0. The van der Waals surface area contributed by atoms with E-state index in [2.05, 4.69) is 30.1 Å². The van der Waals surface area contributed by atoms with Crippen molar-refractivity contribution >= 4 is 11.6 Å². The van der Waals surface area contributed by atoms with Crippen LogP contribution in [0.15, 0.2) is 54.9 Å². The van der Waals surface area contributed by atoms with Crippen LogP contribution in [0.1, 0.15) is 18.1 Å². The summed E-state index contributed by atoms with van der Waals surface area (Å²) in [6.45, 7) is 2.11. The van der Waals surface area contributed by atoms with Crippen LogP contribution >= 0.6 is 0 Å². The van der Waals surface area contributed by atoms with Crippen molar-refractivity contribution in [2.45, 2.75) is 6.92 Å². The molecule has 0 bridgehead atoms. The fourth-order valence-electron chi connectivity index (χ4n) is 1.50. The first-order chi connectivity index (χ1) is 7.36. The molecule has 0 aliphatic rings. The third-order valence-corrected chi connectivity index (χ3v) is 2.32. The molecule has 1 heteroatoms. The van der Waals surface area contributed by atoms with Crippen LogP contribution in [0.5, 0.6) is 0 Å². The molecule has 0 aliphatic carbocycles. The Labute approximate surface area is 90.1 Å². The maximum Gasteiger partial charge on any atom is 0.0273 e. The smallest absolute Gasteiger partial charge is 0.0273 e. The van der Waals surface area contributed by atoms with E-state index in [-0.39, 0.29) is 0 Å². The van der Waals surface area contributed by atoms with Gasteiger partial charge in [0, 0.05) is 12.4 Å². The summed E-state index contributed by atoms with van der Waals surface area (Å²) >= 11 is 0. The molecule has 1 aromatic carbocycles. The van der Waals surface area contributed by atoms with Gasteiger partial charge in [-0.25, -0.2) is 0 Å². The molecule has 0 unspecified atom stereocenters. The number of hydrogen-bond donors (Lipinski definition) is 0. The normalized spacial score (nSPS) is 11.4. The Kier molecular flexibility index (Phi) is 2.93. The summed E-state index contributed by atoms with van der Waals surface area (Å²) in [6, 6.07) is 14.4. The Morgan fingerprint density at radius 1 is 1.00 bits per heavy atom. The van der Waals surface area contributed by atoms with Crippen LogP contribution in [0, 0.1) is 0 Å². The predicted molar refractivity (Wildman–Crippen MR) is 64.2 cm³/mol. The summed E-state index contributed by atoms with van der Waals surface area (Å²) in [5.74, 6) is 0. The van der Waals surface area contributed by atoms with Gasteiger partial charge in [-0.15, -0.1) is 0 Å². The van der Waals surface area contributed by atoms with Gasteiger partial charge in [-0.1, -0.05) is 36.4 Å². The third-order valence-electron chi connectivity index (χ3n) is 2.32. The van der Waals surface area contributed by atoms with Crippen LogP contribution in [0.25, 0.3) is 11.6 Å². The lowest BCUT2D eigenvalue weighted by atomic mass is 10.1. The highest BCUT2D eigenvalue weighted by Crippen LogP contribution is 2.16. The molecule has 0 saturated carbocycles. The van der Waals surface area contributed by atoms with E-state index >= 15 is 0 Å². The highest BCUT2D eigenvalue weighted by molar-refractivity contribution is 5.79. The number of hydrogen-bond acceptors (Lipinski definition) is 1. The number of benzene rings is 1. The van der Waals surface area contributed by atoms with Gasteiger partial charge in [-0.3, -0.25) is 4.98 Å². The van der Waals surface area contributed by atoms with Gasteiger partial charge < -0.3 is 0 Å². The molecular weight excluding hydrogens is 182 g/mol. The Hall–Kier alpha value is -1.89. The van der Waals surface area contributed by atoms with Crippen molar-refractivity contribution in [3.63, 3.8) is 0 Å². The summed E-state index contributed by atoms with van der Waals surface area (Å²) in [5, 5.41) is 0. The van der Waals surface area contributed by atoms with Crippen LogP contribution in [0.2, 0.25) is 0 Å². The molecule has 1 aromatic heterocycles. The molecule has 0 N–H and O–H groups in total. The molecule has 1 nitrogen and oxygen atoms in total. The zero-order valence-corrected chi connectivity index (χ0v) is 8.72. The Bertz CT molecular complexity index is 443. The minimum Gasteiger partial charge on any atom is -0.265 e. The zero-order valence-electron chi connectivity index (χ0n) is 8.72. The van der Waals surface area contributed by atoms with Crippen molar-refractivity contribution in [2.75, 3.05) is 0 Å². The number of nitrogens with zero attached hydrogens (tertiary/aromatic N) is 1. The van der Waals surface area contributed by atoms with Crippen molar-refractivity contribution < 1.29 is 0 Å². The van der Waals surface area contributed by atoms with Gasteiger partial charge >= 0.3 is 0 Å². The minimum atomic E-state index is 1.22. The number of pyridine rings is 1. The van der Waals surface area contributed by atoms with Gasteiger partial charge in [0.15, 0.2) is 0 Å². The Morgan fingerprint density at radius 3 is 2.33 bits per heavy atom. The number of aromatic nitrogens is 1. The maximum atomic E-state index is 4.01.